The van der Waals surface area contributed by atoms with E-state index in [9.17, 15) is 4.39 Å². The maximum Gasteiger partial charge on any atom is 0.165 e. The Labute approximate surface area is 128 Å². The maximum absolute atomic E-state index is 14.1. The van der Waals surface area contributed by atoms with Crippen LogP contribution >= 0.6 is 11.3 Å². The van der Waals surface area contributed by atoms with Crippen molar-refractivity contribution in [2.24, 2.45) is 0 Å². The molecule has 2 aromatic rings. The molecule has 112 valence electrons. The number of rotatable bonds is 4. The number of methoxy groups -OCH3 is 1. The summed E-state index contributed by atoms with van der Waals surface area (Å²) in [4.78, 5) is 3.66. The minimum absolute atomic E-state index is 0.118. The summed E-state index contributed by atoms with van der Waals surface area (Å²) in [5, 5.41) is 5.44. The molecule has 1 aromatic carbocycles. The Bertz CT molecular complexity index is 582. The van der Waals surface area contributed by atoms with Crippen LogP contribution in [-0.4, -0.2) is 38.2 Å². The maximum atomic E-state index is 14.1. The highest BCUT2D eigenvalue weighted by Crippen LogP contribution is 2.33. The SMILES string of the molecule is COc1ccc([C@H](c2cccs2)N2CCNCC2)cc1F. The van der Waals surface area contributed by atoms with Gasteiger partial charge in [-0.25, -0.2) is 4.39 Å². The van der Waals surface area contributed by atoms with Crippen LogP contribution in [0.4, 0.5) is 4.39 Å². The minimum Gasteiger partial charge on any atom is -0.494 e. The number of nitrogens with zero attached hydrogens (tertiary/aromatic N) is 1. The number of thiophene rings is 1. The van der Waals surface area contributed by atoms with Crippen LogP contribution in [0.1, 0.15) is 16.5 Å². The fraction of sp³-hybridized carbons (Fsp3) is 0.375. The van der Waals surface area contributed by atoms with Crippen LogP contribution in [-0.2, 0) is 0 Å². The molecule has 1 fully saturated rings. The molecule has 1 aliphatic rings. The Morgan fingerprint density at radius 2 is 2.10 bits per heavy atom. The lowest BCUT2D eigenvalue weighted by molar-refractivity contribution is 0.200. The average molecular weight is 306 g/mol. The molecular weight excluding hydrogens is 287 g/mol. The molecule has 1 N–H and O–H groups in total. The first-order valence-corrected chi connectivity index (χ1v) is 7.99. The van der Waals surface area contributed by atoms with Crippen molar-refractivity contribution in [3.05, 3.63) is 52.0 Å². The molecule has 0 bridgehead atoms. The van der Waals surface area contributed by atoms with Gasteiger partial charge in [-0.2, -0.15) is 0 Å². The molecule has 0 spiro atoms. The predicted molar refractivity (Wildman–Crippen MR) is 83.6 cm³/mol. The molecule has 0 radical (unpaired) electrons. The van der Waals surface area contributed by atoms with Crippen molar-refractivity contribution in [1.82, 2.24) is 10.2 Å². The monoisotopic (exact) mass is 306 g/mol. The van der Waals surface area contributed by atoms with E-state index in [1.54, 1.807) is 23.5 Å². The smallest absolute Gasteiger partial charge is 0.165 e. The molecule has 5 heteroatoms. The third kappa shape index (κ3) is 3.10. The summed E-state index contributed by atoms with van der Waals surface area (Å²) in [7, 11) is 1.49. The van der Waals surface area contributed by atoms with E-state index in [0.717, 1.165) is 31.7 Å². The van der Waals surface area contributed by atoms with Crippen LogP contribution in [0.2, 0.25) is 0 Å². The van der Waals surface area contributed by atoms with Gasteiger partial charge < -0.3 is 10.1 Å². The fourth-order valence-electron chi connectivity index (χ4n) is 2.79. The Kier molecular flexibility index (Phi) is 4.53. The second-order valence-corrected chi connectivity index (χ2v) is 6.08. The van der Waals surface area contributed by atoms with Gasteiger partial charge in [0.05, 0.1) is 13.2 Å². The van der Waals surface area contributed by atoms with Crippen molar-refractivity contribution in [1.29, 1.82) is 0 Å². The second kappa shape index (κ2) is 6.56. The zero-order valence-electron chi connectivity index (χ0n) is 12.0. The van der Waals surface area contributed by atoms with Gasteiger partial charge in [-0.3, -0.25) is 4.90 Å². The molecule has 1 atom stereocenters. The summed E-state index contributed by atoms with van der Waals surface area (Å²) in [6.45, 7) is 3.88. The van der Waals surface area contributed by atoms with Gasteiger partial charge in [0.2, 0.25) is 0 Å². The molecule has 1 aromatic heterocycles. The number of ether oxygens (including phenoxy) is 1. The van der Waals surface area contributed by atoms with Crippen molar-refractivity contribution >= 4 is 11.3 Å². The number of halogens is 1. The van der Waals surface area contributed by atoms with E-state index >= 15 is 0 Å². The largest absolute Gasteiger partial charge is 0.494 e. The first-order valence-electron chi connectivity index (χ1n) is 7.11. The zero-order valence-corrected chi connectivity index (χ0v) is 12.8. The van der Waals surface area contributed by atoms with Crippen LogP contribution in [0.3, 0.4) is 0 Å². The molecule has 2 heterocycles. The van der Waals surface area contributed by atoms with Gasteiger partial charge in [-0.1, -0.05) is 12.1 Å². The minimum atomic E-state index is -0.299. The fourth-order valence-corrected chi connectivity index (χ4v) is 3.68. The highest BCUT2D eigenvalue weighted by molar-refractivity contribution is 7.10. The molecule has 3 rings (SSSR count). The normalized spacial score (nSPS) is 17.6. The molecule has 3 nitrogen and oxygen atoms in total. The van der Waals surface area contributed by atoms with Gasteiger partial charge in [-0.05, 0) is 29.1 Å². The Morgan fingerprint density at radius 3 is 2.71 bits per heavy atom. The molecule has 1 aliphatic heterocycles. The molecule has 0 unspecified atom stereocenters. The summed E-state index contributed by atoms with van der Waals surface area (Å²) < 4.78 is 19.1. The number of hydrogen-bond donors (Lipinski definition) is 1. The lowest BCUT2D eigenvalue weighted by atomic mass is 10.0. The van der Waals surface area contributed by atoms with Gasteiger partial charge in [-0.15, -0.1) is 11.3 Å². The third-order valence-corrected chi connectivity index (χ3v) is 4.75. The van der Waals surface area contributed by atoms with Crippen molar-refractivity contribution in [3.63, 3.8) is 0 Å². The molecule has 1 saturated heterocycles. The van der Waals surface area contributed by atoms with Crippen LogP contribution in [0.5, 0.6) is 5.75 Å². The van der Waals surface area contributed by atoms with Gasteiger partial charge in [0.15, 0.2) is 11.6 Å². The summed E-state index contributed by atoms with van der Waals surface area (Å²) in [5.41, 5.74) is 0.984. The van der Waals surface area contributed by atoms with Gasteiger partial charge in [0.25, 0.3) is 0 Å². The molecule has 0 saturated carbocycles. The average Bonchev–Trinajstić information content (AvgIpc) is 3.03. The first kappa shape index (κ1) is 14.5. The van der Waals surface area contributed by atoms with E-state index in [1.807, 2.05) is 6.07 Å². The molecule has 0 aliphatic carbocycles. The highest BCUT2D eigenvalue weighted by Gasteiger charge is 2.25. The molecule has 21 heavy (non-hydrogen) atoms. The lowest BCUT2D eigenvalue weighted by Gasteiger charge is -2.34. The predicted octanol–water partition coefficient (Wildman–Crippen LogP) is 2.89. The van der Waals surface area contributed by atoms with E-state index in [2.05, 4.69) is 27.7 Å². The van der Waals surface area contributed by atoms with E-state index in [1.165, 1.54) is 12.0 Å². The standard InChI is InChI=1S/C16H19FN2OS/c1-20-14-5-4-12(11-13(14)17)16(15-3-2-10-21-15)19-8-6-18-7-9-19/h2-5,10-11,16,18H,6-9H2,1H3/t16-/m1/s1. The second-order valence-electron chi connectivity index (χ2n) is 5.10. The van der Waals surface area contributed by atoms with Crippen LogP contribution in [0.15, 0.2) is 35.7 Å². The van der Waals surface area contributed by atoms with Crippen molar-refractivity contribution in [2.75, 3.05) is 33.3 Å². The third-order valence-electron chi connectivity index (χ3n) is 3.82. The lowest BCUT2D eigenvalue weighted by Crippen LogP contribution is -2.45. The first-order chi connectivity index (χ1) is 10.3. The van der Waals surface area contributed by atoms with Crippen molar-refractivity contribution in [2.45, 2.75) is 6.04 Å². The number of piperazine rings is 1. The van der Waals surface area contributed by atoms with E-state index < -0.39 is 0 Å². The summed E-state index contributed by atoms with van der Waals surface area (Å²) in [6.07, 6.45) is 0. The van der Waals surface area contributed by atoms with Gasteiger partial charge in [0.1, 0.15) is 0 Å². The quantitative estimate of drug-likeness (QED) is 0.940. The van der Waals surface area contributed by atoms with Gasteiger partial charge >= 0.3 is 0 Å². The summed E-state index contributed by atoms with van der Waals surface area (Å²) in [6, 6.07) is 9.58. The van der Waals surface area contributed by atoms with E-state index in [0.29, 0.717) is 5.75 Å². The van der Waals surface area contributed by atoms with Gasteiger partial charge in [0, 0.05) is 31.1 Å². The highest BCUT2D eigenvalue weighted by atomic mass is 32.1. The number of hydrogen-bond acceptors (Lipinski definition) is 4. The van der Waals surface area contributed by atoms with Crippen molar-refractivity contribution in [3.8, 4) is 5.75 Å². The van der Waals surface area contributed by atoms with Crippen LogP contribution in [0.25, 0.3) is 0 Å². The van der Waals surface area contributed by atoms with Crippen molar-refractivity contribution < 1.29 is 9.13 Å². The zero-order chi connectivity index (χ0) is 14.7. The Hall–Kier alpha value is -1.43. The summed E-state index contributed by atoms with van der Waals surface area (Å²) in [5.74, 6) is -0.00400. The van der Waals surface area contributed by atoms with E-state index in [-0.39, 0.29) is 11.9 Å². The number of benzene rings is 1. The Morgan fingerprint density at radius 1 is 1.29 bits per heavy atom. The molecule has 0 amide bonds. The van der Waals surface area contributed by atoms with E-state index in [4.69, 9.17) is 4.74 Å². The summed E-state index contributed by atoms with van der Waals surface area (Å²) >= 11 is 1.72. The van der Waals surface area contributed by atoms with Crippen LogP contribution < -0.4 is 10.1 Å². The topological polar surface area (TPSA) is 24.5 Å². The Balaban J connectivity index is 1.96. The number of nitrogens with one attached hydrogen (secondary N) is 1. The van der Waals surface area contributed by atoms with Crippen LogP contribution in [0, 0.1) is 5.82 Å². The molecular formula is C16H19FN2OS.